The average molecular weight is 525 g/mol. The highest BCUT2D eigenvalue weighted by Gasteiger charge is 2.38. The Labute approximate surface area is 214 Å². The molecule has 0 aliphatic heterocycles. The summed E-state index contributed by atoms with van der Waals surface area (Å²) in [6, 6.07) is 4.54. The number of terminal acetylenes is 1. The molecule has 202 valence electrons. The molecule has 1 aliphatic carbocycles. The fourth-order valence-corrected chi connectivity index (χ4v) is 4.61. The molecule has 0 spiro atoms. The average Bonchev–Trinajstić information content (AvgIpc) is 2.87. The van der Waals surface area contributed by atoms with Gasteiger partial charge in [-0.25, -0.2) is 17.6 Å². The molecule has 3 rings (SSSR count). The fraction of sp³-hybridized carbons (Fsp3) is 0.500. The molecule has 9 heteroatoms. The maximum absolute atomic E-state index is 15.0. The van der Waals surface area contributed by atoms with Crippen LogP contribution in [0.4, 0.5) is 17.6 Å². The SMILES string of the molecule is C#CCOCC(O)COc1c(F)cc(C2(c3cc(F)c(OCC(C)CO)c(F)c3)CCCCC2)cc1F. The van der Waals surface area contributed by atoms with Crippen LogP contribution < -0.4 is 9.47 Å². The number of ether oxygens (including phenoxy) is 3. The monoisotopic (exact) mass is 524 g/mol. The first kappa shape index (κ1) is 28.8. The van der Waals surface area contributed by atoms with Crippen molar-refractivity contribution in [3.63, 3.8) is 0 Å². The molecule has 1 aliphatic rings. The normalized spacial score (nSPS) is 16.6. The summed E-state index contributed by atoms with van der Waals surface area (Å²) in [5, 5.41) is 19.0. The molecule has 2 N–H and O–H groups in total. The van der Waals surface area contributed by atoms with Gasteiger partial charge in [0.25, 0.3) is 0 Å². The summed E-state index contributed by atoms with van der Waals surface area (Å²) in [6.07, 6.45) is 7.10. The first-order valence-electron chi connectivity index (χ1n) is 12.3. The fourth-order valence-electron chi connectivity index (χ4n) is 4.61. The number of hydrogen-bond donors (Lipinski definition) is 2. The standard InChI is InChI=1S/C28H32F4O5/c1-3-9-35-16-21(34)17-37-27-24(31)12-20(13-25(27)32)28(7-5-4-6-8-28)19-10-22(29)26(23(30)11-19)36-15-18(2)14-33/h1,10-13,18,21,33-34H,4-9,14-17H2,2H3. The Morgan fingerprint density at radius 1 is 0.865 bits per heavy atom. The van der Waals surface area contributed by atoms with Crippen molar-refractivity contribution in [2.75, 3.05) is 33.0 Å². The summed E-state index contributed by atoms with van der Waals surface area (Å²) in [5.74, 6) is -3.12. The van der Waals surface area contributed by atoms with Gasteiger partial charge in [0.05, 0.1) is 13.2 Å². The van der Waals surface area contributed by atoms with Gasteiger partial charge in [-0.05, 0) is 48.2 Å². The van der Waals surface area contributed by atoms with Crippen molar-refractivity contribution in [3.05, 3.63) is 58.7 Å². The molecule has 1 fully saturated rings. The number of hydrogen-bond acceptors (Lipinski definition) is 5. The zero-order valence-corrected chi connectivity index (χ0v) is 20.7. The van der Waals surface area contributed by atoms with Gasteiger partial charge in [-0.1, -0.05) is 32.1 Å². The zero-order chi connectivity index (χ0) is 27.0. The van der Waals surface area contributed by atoms with Crippen molar-refractivity contribution in [1.29, 1.82) is 0 Å². The Morgan fingerprint density at radius 3 is 1.81 bits per heavy atom. The first-order chi connectivity index (χ1) is 17.7. The van der Waals surface area contributed by atoms with E-state index in [9.17, 15) is 13.9 Å². The van der Waals surface area contributed by atoms with E-state index in [1.165, 1.54) is 0 Å². The van der Waals surface area contributed by atoms with Crippen LogP contribution in [0.25, 0.3) is 0 Å². The maximum atomic E-state index is 15.0. The summed E-state index contributed by atoms with van der Waals surface area (Å²) in [4.78, 5) is 0. The van der Waals surface area contributed by atoms with E-state index in [1.54, 1.807) is 6.92 Å². The van der Waals surface area contributed by atoms with E-state index in [2.05, 4.69) is 5.92 Å². The molecular weight excluding hydrogens is 492 g/mol. The van der Waals surface area contributed by atoms with Crippen LogP contribution in [0.2, 0.25) is 0 Å². The topological polar surface area (TPSA) is 68.2 Å². The van der Waals surface area contributed by atoms with Crippen LogP contribution in [-0.2, 0) is 10.2 Å². The van der Waals surface area contributed by atoms with Gasteiger partial charge in [-0.3, -0.25) is 0 Å². The van der Waals surface area contributed by atoms with Gasteiger partial charge in [-0.15, -0.1) is 6.42 Å². The van der Waals surface area contributed by atoms with Crippen molar-refractivity contribution < 1.29 is 42.0 Å². The lowest BCUT2D eigenvalue weighted by atomic mass is 9.65. The lowest BCUT2D eigenvalue weighted by molar-refractivity contribution is 0.0211. The molecule has 5 nitrogen and oxygen atoms in total. The lowest BCUT2D eigenvalue weighted by Gasteiger charge is -2.39. The van der Waals surface area contributed by atoms with Gasteiger partial charge in [-0.2, -0.15) is 0 Å². The third kappa shape index (κ3) is 6.95. The van der Waals surface area contributed by atoms with Crippen molar-refractivity contribution in [2.24, 2.45) is 5.92 Å². The van der Waals surface area contributed by atoms with Crippen LogP contribution >= 0.6 is 0 Å². The van der Waals surface area contributed by atoms with E-state index in [4.69, 9.17) is 25.7 Å². The van der Waals surface area contributed by atoms with E-state index in [1.807, 2.05) is 0 Å². The largest absolute Gasteiger partial charge is 0.487 e. The van der Waals surface area contributed by atoms with Crippen LogP contribution in [0.5, 0.6) is 11.5 Å². The second-order valence-electron chi connectivity index (χ2n) is 9.46. The van der Waals surface area contributed by atoms with Gasteiger partial charge >= 0.3 is 0 Å². The molecule has 0 amide bonds. The maximum Gasteiger partial charge on any atom is 0.190 e. The van der Waals surface area contributed by atoms with Crippen molar-refractivity contribution in [3.8, 4) is 23.8 Å². The molecular formula is C28H32F4O5. The molecule has 0 saturated heterocycles. The van der Waals surface area contributed by atoms with E-state index in [-0.39, 0.29) is 43.5 Å². The summed E-state index contributed by atoms with van der Waals surface area (Å²) >= 11 is 0. The highest BCUT2D eigenvalue weighted by Crippen LogP contribution is 2.47. The minimum atomic E-state index is -1.15. The Hall–Kier alpha value is -2.80. The van der Waals surface area contributed by atoms with Crippen LogP contribution in [-0.4, -0.2) is 49.4 Å². The zero-order valence-electron chi connectivity index (χ0n) is 20.7. The van der Waals surface area contributed by atoms with E-state index < -0.39 is 52.9 Å². The first-order valence-corrected chi connectivity index (χ1v) is 12.3. The Balaban J connectivity index is 1.90. The Bertz CT molecular complexity index is 1050. The van der Waals surface area contributed by atoms with E-state index in [0.717, 1.165) is 30.7 Å². The molecule has 2 atom stereocenters. The van der Waals surface area contributed by atoms with Crippen LogP contribution in [0.1, 0.15) is 50.2 Å². The minimum absolute atomic E-state index is 0.0212. The number of rotatable bonds is 12. The molecule has 0 aromatic heterocycles. The van der Waals surface area contributed by atoms with Gasteiger partial charge < -0.3 is 24.4 Å². The second kappa shape index (κ2) is 13.1. The molecule has 1 saturated carbocycles. The summed E-state index contributed by atoms with van der Waals surface area (Å²) in [5.41, 5.74) is -0.508. The summed E-state index contributed by atoms with van der Waals surface area (Å²) in [6.45, 7) is 0.801. The summed E-state index contributed by atoms with van der Waals surface area (Å²) in [7, 11) is 0. The predicted molar refractivity (Wildman–Crippen MR) is 129 cm³/mol. The molecule has 0 heterocycles. The molecule has 0 bridgehead atoms. The molecule has 2 aromatic carbocycles. The van der Waals surface area contributed by atoms with Crippen LogP contribution in [0.3, 0.4) is 0 Å². The van der Waals surface area contributed by atoms with Crippen LogP contribution in [0.15, 0.2) is 24.3 Å². The van der Waals surface area contributed by atoms with Gasteiger partial charge in [0, 0.05) is 17.9 Å². The molecule has 37 heavy (non-hydrogen) atoms. The van der Waals surface area contributed by atoms with E-state index >= 15 is 8.78 Å². The molecule has 2 unspecified atom stereocenters. The number of halogens is 4. The molecule has 2 aromatic rings. The summed E-state index contributed by atoms with van der Waals surface area (Å²) < 4.78 is 75.4. The second-order valence-corrected chi connectivity index (χ2v) is 9.46. The van der Waals surface area contributed by atoms with Gasteiger partial charge in [0.2, 0.25) is 0 Å². The number of aliphatic hydroxyl groups excluding tert-OH is 2. The van der Waals surface area contributed by atoms with Crippen molar-refractivity contribution in [2.45, 2.75) is 50.5 Å². The number of aliphatic hydroxyl groups is 2. The van der Waals surface area contributed by atoms with E-state index in [0.29, 0.717) is 25.7 Å². The van der Waals surface area contributed by atoms with Gasteiger partial charge in [0.15, 0.2) is 34.8 Å². The molecule has 0 radical (unpaired) electrons. The van der Waals surface area contributed by atoms with Crippen molar-refractivity contribution in [1.82, 2.24) is 0 Å². The highest BCUT2D eigenvalue weighted by molar-refractivity contribution is 5.46. The predicted octanol–water partition coefficient (Wildman–Crippen LogP) is 4.89. The Morgan fingerprint density at radius 2 is 1.35 bits per heavy atom. The minimum Gasteiger partial charge on any atom is -0.487 e. The van der Waals surface area contributed by atoms with Gasteiger partial charge in [0.1, 0.15) is 19.3 Å². The smallest absolute Gasteiger partial charge is 0.190 e. The third-order valence-corrected chi connectivity index (χ3v) is 6.55. The third-order valence-electron chi connectivity index (χ3n) is 6.55. The number of benzene rings is 2. The highest BCUT2D eigenvalue weighted by atomic mass is 19.1. The quantitative estimate of drug-likeness (QED) is 0.235. The van der Waals surface area contributed by atoms with Crippen LogP contribution in [0, 0.1) is 41.5 Å². The lowest BCUT2D eigenvalue weighted by Crippen LogP contribution is -2.31. The Kier molecular flexibility index (Phi) is 10.2. The van der Waals surface area contributed by atoms with Crippen molar-refractivity contribution >= 4 is 0 Å².